The fourth-order valence-corrected chi connectivity index (χ4v) is 4.93. The van der Waals surface area contributed by atoms with Gasteiger partial charge in [-0.3, -0.25) is 0 Å². The first-order chi connectivity index (χ1) is 16.3. The molecule has 3 aromatic rings. The van der Waals surface area contributed by atoms with Crippen molar-refractivity contribution in [1.82, 2.24) is 15.3 Å². The molecule has 1 fully saturated rings. The summed E-state index contributed by atoms with van der Waals surface area (Å²) in [6.45, 7) is 1.57. The van der Waals surface area contributed by atoms with Crippen molar-refractivity contribution in [2.24, 2.45) is 5.92 Å². The number of benzene rings is 2. The molecule has 2 N–H and O–H groups in total. The fourth-order valence-electron chi connectivity index (χ4n) is 4.39. The number of thioether (sulfide) groups is 1. The van der Waals surface area contributed by atoms with Gasteiger partial charge in [-0.1, -0.05) is 24.3 Å². The van der Waals surface area contributed by atoms with Crippen LogP contribution in [0, 0.1) is 5.92 Å². The van der Waals surface area contributed by atoms with Crippen molar-refractivity contribution in [3.63, 3.8) is 0 Å². The molecule has 5 nitrogen and oxygen atoms in total. The second kappa shape index (κ2) is 10.8. The van der Waals surface area contributed by atoms with Crippen LogP contribution in [0.3, 0.4) is 0 Å². The van der Waals surface area contributed by atoms with Crippen molar-refractivity contribution in [2.75, 3.05) is 30.9 Å². The van der Waals surface area contributed by atoms with Crippen molar-refractivity contribution in [3.05, 3.63) is 54.1 Å². The Bertz CT molecular complexity index is 1080. The van der Waals surface area contributed by atoms with Crippen molar-refractivity contribution >= 4 is 34.4 Å². The lowest BCUT2D eigenvalue weighted by molar-refractivity contribution is -0.0328. The number of nitrogens with one attached hydrogen (secondary N) is 2. The van der Waals surface area contributed by atoms with Gasteiger partial charge in [0.25, 0.3) is 0 Å². The van der Waals surface area contributed by atoms with E-state index in [4.69, 9.17) is 9.97 Å². The third-order valence-electron chi connectivity index (χ3n) is 6.11. The molecular weight excluding hydrogens is 459 g/mol. The lowest BCUT2D eigenvalue weighted by Crippen LogP contribution is -2.31. The van der Waals surface area contributed by atoms with E-state index in [0.29, 0.717) is 24.5 Å². The van der Waals surface area contributed by atoms with Gasteiger partial charge in [0.2, 0.25) is 5.95 Å². The summed E-state index contributed by atoms with van der Waals surface area (Å²) in [5.74, 6) is 2.18. The van der Waals surface area contributed by atoms with Gasteiger partial charge in [0, 0.05) is 37.0 Å². The first kappa shape index (κ1) is 24.6. The Morgan fingerprint density at radius 3 is 2.35 bits per heavy atom. The van der Waals surface area contributed by atoms with Gasteiger partial charge in [-0.15, -0.1) is 0 Å². The largest absolute Gasteiger partial charge is 0.446 e. The number of alkyl halides is 3. The van der Waals surface area contributed by atoms with E-state index in [1.807, 2.05) is 43.3 Å². The zero-order valence-corrected chi connectivity index (χ0v) is 20.2. The van der Waals surface area contributed by atoms with E-state index in [0.717, 1.165) is 54.5 Å². The molecule has 0 bridgehead atoms. The smallest absolute Gasteiger partial charge is 0.362 e. The Hall–Kier alpha value is -2.52. The summed E-state index contributed by atoms with van der Waals surface area (Å²) in [5.41, 5.74) is -2.32. The lowest BCUT2D eigenvalue weighted by Gasteiger charge is -2.29. The predicted molar refractivity (Wildman–Crippen MR) is 133 cm³/mol. The van der Waals surface area contributed by atoms with E-state index in [-0.39, 0.29) is 16.7 Å². The van der Waals surface area contributed by atoms with Crippen molar-refractivity contribution in [1.29, 1.82) is 0 Å². The standard InChI is InChI=1S/C25H30F3N5S/c1-33(2)23-21-5-3-4-6-22(21)31-24(32-23)30-19-11-7-17(8-12-19)15-29-16-18-9-13-20(14-10-18)34-25(26,27)28/h3-6,9-10,13-14,17,19,29H,7-8,11-12,15-16H2,1-2H3,(H,30,31,32)/t17-,19+. The normalized spacial score (nSPS) is 18.7. The number of rotatable bonds is 8. The number of hydrogen-bond donors (Lipinski definition) is 2. The zero-order valence-electron chi connectivity index (χ0n) is 19.4. The molecule has 1 saturated carbocycles. The average molecular weight is 490 g/mol. The number of nitrogens with zero attached hydrogens (tertiary/aromatic N) is 3. The van der Waals surface area contributed by atoms with Crippen LogP contribution in [0.4, 0.5) is 24.9 Å². The highest BCUT2D eigenvalue weighted by molar-refractivity contribution is 8.00. The Balaban J connectivity index is 1.23. The quantitative estimate of drug-likeness (QED) is 0.375. The molecular formula is C25H30F3N5S. The molecule has 0 spiro atoms. The molecule has 0 radical (unpaired) electrons. The third kappa shape index (κ3) is 6.76. The second-order valence-electron chi connectivity index (χ2n) is 8.97. The van der Waals surface area contributed by atoms with Gasteiger partial charge in [0.05, 0.1) is 5.52 Å². The van der Waals surface area contributed by atoms with Crippen LogP contribution in [-0.4, -0.2) is 42.2 Å². The summed E-state index contributed by atoms with van der Waals surface area (Å²) in [5, 5.41) is 8.05. The van der Waals surface area contributed by atoms with Crippen LogP contribution in [-0.2, 0) is 6.54 Å². The maximum absolute atomic E-state index is 12.4. The third-order valence-corrected chi connectivity index (χ3v) is 6.85. The van der Waals surface area contributed by atoms with E-state index >= 15 is 0 Å². The summed E-state index contributed by atoms with van der Waals surface area (Å²) >= 11 is -0.0785. The van der Waals surface area contributed by atoms with Crippen molar-refractivity contribution in [2.45, 2.75) is 48.7 Å². The van der Waals surface area contributed by atoms with Crippen LogP contribution < -0.4 is 15.5 Å². The van der Waals surface area contributed by atoms with Crippen LogP contribution in [0.15, 0.2) is 53.4 Å². The molecule has 1 aromatic heterocycles. The van der Waals surface area contributed by atoms with Crippen molar-refractivity contribution < 1.29 is 13.2 Å². The van der Waals surface area contributed by atoms with Gasteiger partial charge in [-0.25, -0.2) is 4.98 Å². The molecule has 2 aromatic carbocycles. The number of anilines is 2. The van der Waals surface area contributed by atoms with E-state index in [1.165, 1.54) is 12.1 Å². The number of halogens is 3. The van der Waals surface area contributed by atoms with Gasteiger partial charge in [-0.2, -0.15) is 18.2 Å². The number of fused-ring (bicyclic) bond motifs is 1. The van der Waals surface area contributed by atoms with Gasteiger partial charge in [0.15, 0.2) is 0 Å². The zero-order chi connectivity index (χ0) is 24.1. The van der Waals surface area contributed by atoms with E-state index in [9.17, 15) is 13.2 Å². The van der Waals surface area contributed by atoms with Gasteiger partial charge in [0.1, 0.15) is 5.82 Å². The monoisotopic (exact) mass is 489 g/mol. The molecule has 34 heavy (non-hydrogen) atoms. The molecule has 9 heteroatoms. The van der Waals surface area contributed by atoms with Crippen LogP contribution in [0.5, 0.6) is 0 Å². The van der Waals surface area contributed by atoms with Crippen LogP contribution in [0.1, 0.15) is 31.2 Å². The number of para-hydroxylation sites is 1. The van der Waals surface area contributed by atoms with Crippen molar-refractivity contribution in [3.8, 4) is 0 Å². The summed E-state index contributed by atoms with van der Waals surface area (Å²) in [6, 6.07) is 15.0. The second-order valence-corrected chi connectivity index (χ2v) is 10.1. The molecule has 0 saturated heterocycles. The minimum atomic E-state index is -4.25. The van der Waals surface area contributed by atoms with Gasteiger partial charge < -0.3 is 15.5 Å². The minimum Gasteiger partial charge on any atom is -0.362 e. The molecule has 1 heterocycles. The average Bonchev–Trinajstić information content (AvgIpc) is 2.80. The molecule has 1 aliphatic carbocycles. The maximum Gasteiger partial charge on any atom is 0.446 e. The lowest BCUT2D eigenvalue weighted by atomic mass is 9.86. The van der Waals surface area contributed by atoms with E-state index < -0.39 is 5.51 Å². The molecule has 0 unspecified atom stereocenters. The van der Waals surface area contributed by atoms with Crippen LogP contribution >= 0.6 is 11.8 Å². The summed E-state index contributed by atoms with van der Waals surface area (Å²) in [4.78, 5) is 11.7. The Kier molecular flexibility index (Phi) is 7.83. The highest BCUT2D eigenvalue weighted by Gasteiger charge is 2.29. The fraction of sp³-hybridized carbons (Fsp3) is 0.440. The summed E-state index contributed by atoms with van der Waals surface area (Å²) in [7, 11) is 3.99. The molecule has 1 aliphatic rings. The SMILES string of the molecule is CN(C)c1nc(N[C@H]2CC[C@@H](CNCc3ccc(SC(F)(F)F)cc3)CC2)nc2ccccc12. The summed E-state index contributed by atoms with van der Waals surface area (Å²) < 4.78 is 37.3. The first-order valence-electron chi connectivity index (χ1n) is 11.5. The molecule has 0 aliphatic heterocycles. The van der Waals surface area contributed by atoms with E-state index in [2.05, 4.69) is 10.6 Å². The van der Waals surface area contributed by atoms with Crippen LogP contribution in [0.2, 0.25) is 0 Å². The topological polar surface area (TPSA) is 53.1 Å². The minimum absolute atomic E-state index is 0.0785. The molecule has 182 valence electrons. The maximum atomic E-state index is 12.4. The summed E-state index contributed by atoms with van der Waals surface area (Å²) in [6.07, 6.45) is 4.34. The van der Waals surface area contributed by atoms with Gasteiger partial charge in [-0.05, 0) is 79.7 Å². The van der Waals surface area contributed by atoms with Crippen LogP contribution in [0.25, 0.3) is 10.9 Å². The number of hydrogen-bond acceptors (Lipinski definition) is 6. The Labute approximate surface area is 202 Å². The van der Waals surface area contributed by atoms with E-state index in [1.54, 1.807) is 12.1 Å². The highest BCUT2D eigenvalue weighted by Crippen LogP contribution is 2.36. The first-order valence-corrected chi connectivity index (χ1v) is 12.3. The molecule has 0 atom stereocenters. The Morgan fingerprint density at radius 2 is 1.68 bits per heavy atom. The highest BCUT2D eigenvalue weighted by atomic mass is 32.2. The number of aromatic nitrogens is 2. The van der Waals surface area contributed by atoms with Gasteiger partial charge >= 0.3 is 5.51 Å². The molecule has 4 rings (SSSR count). The molecule has 0 amide bonds. The Morgan fingerprint density at radius 1 is 0.971 bits per heavy atom. The predicted octanol–water partition coefficient (Wildman–Crippen LogP) is 6.07.